The second kappa shape index (κ2) is 11.3. The number of hydrogen-bond acceptors (Lipinski definition) is 2. The van der Waals surface area contributed by atoms with Gasteiger partial charge in [-0.2, -0.15) is 0 Å². The lowest BCUT2D eigenvalue weighted by Gasteiger charge is -2.33. The highest BCUT2D eigenvalue weighted by Gasteiger charge is 2.20. The number of carbonyl (C=O) groups is 1. The molecule has 0 bridgehead atoms. The summed E-state index contributed by atoms with van der Waals surface area (Å²) < 4.78 is 0. The van der Waals surface area contributed by atoms with Gasteiger partial charge in [-0.3, -0.25) is 9.79 Å². The number of halogens is 1. The Morgan fingerprint density at radius 2 is 2.08 bits per heavy atom. The van der Waals surface area contributed by atoms with Crippen molar-refractivity contribution in [3.05, 3.63) is 35.9 Å². The largest absolute Gasteiger partial charge is 0.347 e. The summed E-state index contributed by atoms with van der Waals surface area (Å²) in [6.45, 7) is 7.95. The first kappa shape index (κ1) is 21.7. The molecular formula is C19H31IN4O. The molecule has 0 aliphatic carbocycles. The average Bonchev–Trinajstić information content (AvgIpc) is 2.61. The summed E-state index contributed by atoms with van der Waals surface area (Å²) in [4.78, 5) is 21.0. The number of likely N-dealkylation sites (N-methyl/N-ethyl adjacent to an activating group) is 1. The Labute approximate surface area is 168 Å². The van der Waals surface area contributed by atoms with Crippen molar-refractivity contribution in [3.8, 4) is 0 Å². The summed E-state index contributed by atoms with van der Waals surface area (Å²) >= 11 is 0. The van der Waals surface area contributed by atoms with Crippen LogP contribution in [0.4, 0.5) is 0 Å². The third-order valence-corrected chi connectivity index (χ3v) is 4.52. The molecule has 1 amide bonds. The summed E-state index contributed by atoms with van der Waals surface area (Å²) in [5.74, 6) is 1.62. The molecule has 0 spiro atoms. The second-order valence-corrected chi connectivity index (χ2v) is 6.49. The molecular weight excluding hydrogens is 427 g/mol. The average molecular weight is 458 g/mol. The SMILES string of the molecule is CCN(Cc1ccccc1)C(=O)CNC(=NC)N1CCCC(C)C1.I. The lowest BCUT2D eigenvalue weighted by atomic mass is 10.0. The van der Waals surface area contributed by atoms with E-state index < -0.39 is 0 Å². The number of hydrogen-bond donors (Lipinski definition) is 1. The van der Waals surface area contributed by atoms with Gasteiger partial charge in [0.2, 0.25) is 5.91 Å². The number of rotatable bonds is 5. The molecule has 1 heterocycles. The number of likely N-dealkylation sites (tertiary alicyclic amines) is 1. The van der Waals surface area contributed by atoms with Crippen molar-refractivity contribution in [1.82, 2.24) is 15.1 Å². The van der Waals surface area contributed by atoms with Gasteiger partial charge in [0.25, 0.3) is 0 Å². The highest BCUT2D eigenvalue weighted by Crippen LogP contribution is 2.15. The zero-order valence-electron chi connectivity index (χ0n) is 15.6. The van der Waals surface area contributed by atoms with Gasteiger partial charge in [-0.25, -0.2) is 0 Å². The van der Waals surface area contributed by atoms with E-state index in [2.05, 4.69) is 34.3 Å². The van der Waals surface area contributed by atoms with E-state index in [4.69, 9.17) is 0 Å². The molecule has 1 atom stereocenters. The van der Waals surface area contributed by atoms with E-state index in [0.29, 0.717) is 19.0 Å². The normalized spacial score (nSPS) is 17.6. The van der Waals surface area contributed by atoms with E-state index in [9.17, 15) is 4.79 Å². The molecule has 2 rings (SSSR count). The van der Waals surface area contributed by atoms with Crippen LogP contribution in [0.1, 0.15) is 32.3 Å². The number of nitrogens with one attached hydrogen (secondary N) is 1. The van der Waals surface area contributed by atoms with Crippen molar-refractivity contribution < 1.29 is 4.79 Å². The van der Waals surface area contributed by atoms with Gasteiger partial charge >= 0.3 is 0 Å². The second-order valence-electron chi connectivity index (χ2n) is 6.49. The molecule has 1 N–H and O–H groups in total. The summed E-state index contributed by atoms with van der Waals surface area (Å²) in [7, 11) is 1.79. The third-order valence-electron chi connectivity index (χ3n) is 4.52. The quantitative estimate of drug-likeness (QED) is 0.420. The predicted octanol–water partition coefficient (Wildman–Crippen LogP) is 2.96. The topological polar surface area (TPSA) is 47.9 Å². The van der Waals surface area contributed by atoms with E-state index in [0.717, 1.165) is 24.6 Å². The summed E-state index contributed by atoms with van der Waals surface area (Å²) in [5.41, 5.74) is 1.15. The minimum absolute atomic E-state index is 0. The van der Waals surface area contributed by atoms with Crippen LogP contribution in [0, 0.1) is 5.92 Å². The number of carbonyl (C=O) groups excluding carboxylic acids is 1. The van der Waals surface area contributed by atoms with Gasteiger partial charge < -0.3 is 15.1 Å². The van der Waals surface area contributed by atoms with Gasteiger partial charge in [0.05, 0.1) is 6.54 Å². The Balaban J connectivity index is 0.00000312. The lowest BCUT2D eigenvalue weighted by Crippen LogP contribution is -2.49. The van der Waals surface area contributed by atoms with Crippen molar-refractivity contribution in [1.29, 1.82) is 0 Å². The van der Waals surface area contributed by atoms with Crippen LogP contribution in [-0.2, 0) is 11.3 Å². The highest BCUT2D eigenvalue weighted by molar-refractivity contribution is 14.0. The van der Waals surface area contributed by atoms with E-state index in [1.807, 2.05) is 30.0 Å². The van der Waals surface area contributed by atoms with Gasteiger partial charge in [0, 0.05) is 33.2 Å². The Morgan fingerprint density at radius 1 is 1.36 bits per heavy atom. The fraction of sp³-hybridized carbons (Fsp3) is 0.579. The van der Waals surface area contributed by atoms with Crippen LogP contribution in [0.3, 0.4) is 0 Å². The Hall–Kier alpha value is -1.31. The van der Waals surface area contributed by atoms with Gasteiger partial charge in [-0.15, -0.1) is 24.0 Å². The monoisotopic (exact) mass is 458 g/mol. The van der Waals surface area contributed by atoms with E-state index in [-0.39, 0.29) is 36.4 Å². The molecule has 25 heavy (non-hydrogen) atoms. The van der Waals surface area contributed by atoms with Crippen LogP contribution in [0.2, 0.25) is 0 Å². The Bertz CT molecular complexity index is 550. The van der Waals surface area contributed by atoms with Crippen LogP contribution in [0.5, 0.6) is 0 Å². The third kappa shape index (κ3) is 6.84. The van der Waals surface area contributed by atoms with Gasteiger partial charge in [0.1, 0.15) is 0 Å². The smallest absolute Gasteiger partial charge is 0.242 e. The number of aliphatic imine (C=N–C) groups is 1. The number of guanidine groups is 1. The predicted molar refractivity (Wildman–Crippen MR) is 114 cm³/mol. The van der Waals surface area contributed by atoms with Crippen LogP contribution < -0.4 is 5.32 Å². The number of amides is 1. The maximum Gasteiger partial charge on any atom is 0.242 e. The zero-order chi connectivity index (χ0) is 17.4. The number of benzene rings is 1. The lowest BCUT2D eigenvalue weighted by molar-refractivity contribution is -0.130. The van der Waals surface area contributed by atoms with Gasteiger partial charge in [-0.05, 0) is 31.2 Å². The number of piperidine rings is 1. The highest BCUT2D eigenvalue weighted by atomic mass is 127. The molecule has 5 nitrogen and oxygen atoms in total. The molecule has 1 aromatic carbocycles. The van der Waals surface area contributed by atoms with Gasteiger partial charge in [0.15, 0.2) is 5.96 Å². The molecule has 1 saturated heterocycles. The van der Waals surface area contributed by atoms with Crippen molar-refractivity contribution >= 4 is 35.8 Å². The number of nitrogens with zero attached hydrogens (tertiary/aromatic N) is 3. The Morgan fingerprint density at radius 3 is 2.68 bits per heavy atom. The van der Waals surface area contributed by atoms with E-state index >= 15 is 0 Å². The minimum atomic E-state index is 0. The van der Waals surface area contributed by atoms with Crippen LogP contribution in [0.15, 0.2) is 35.3 Å². The first-order valence-corrected chi connectivity index (χ1v) is 8.91. The van der Waals surface area contributed by atoms with Crippen molar-refractivity contribution in [3.63, 3.8) is 0 Å². The molecule has 1 aromatic rings. The molecule has 1 aliphatic heterocycles. The van der Waals surface area contributed by atoms with Gasteiger partial charge in [-0.1, -0.05) is 37.3 Å². The standard InChI is InChI=1S/C19H30N4O.HI/c1-4-22(15-17-10-6-5-7-11-17)18(24)13-21-19(20-3)23-12-8-9-16(2)14-23;/h5-7,10-11,16H,4,8-9,12-15H2,1-3H3,(H,20,21);1H. The minimum Gasteiger partial charge on any atom is -0.347 e. The van der Waals surface area contributed by atoms with E-state index in [1.54, 1.807) is 7.05 Å². The molecule has 0 aromatic heterocycles. The molecule has 6 heteroatoms. The fourth-order valence-electron chi connectivity index (χ4n) is 3.16. The molecule has 0 saturated carbocycles. The molecule has 1 fully saturated rings. The maximum absolute atomic E-state index is 12.5. The first-order valence-electron chi connectivity index (χ1n) is 8.91. The molecule has 0 radical (unpaired) electrons. The summed E-state index contributed by atoms with van der Waals surface area (Å²) in [5, 5.41) is 3.24. The van der Waals surface area contributed by atoms with Crippen molar-refractivity contribution in [2.75, 3.05) is 33.2 Å². The fourth-order valence-corrected chi connectivity index (χ4v) is 3.16. The summed E-state index contributed by atoms with van der Waals surface area (Å²) in [6, 6.07) is 10.1. The van der Waals surface area contributed by atoms with E-state index in [1.165, 1.54) is 12.8 Å². The van der Waals surface area contributed by atoms with Crippen LogP contribution in [0.25, 0.3) is 0 Å². The first-order chi connectivity index (χ1) is 11.6. The van der Waals surface area contributed by atoms with Crippen molar-refractivity contribution in [2.45, 2.75) is 33.2 Å². The van der Waals surface area contributed by atoms with Crippen LogP contribution >= 0.6 is 24.0 Å². The van der Waals surface area contributed by atoms with Crippen molar-refractivity contribution in [2.24, 2.45) is 10.9 Å². The Kier molecular flexibility index (Phi) is 9.85. The molecule has 1 aliphatic rings. The zero-order valence-corrected chi connectivity index (χ0v) is 17.9. The molecule has 1 unspecified atom stereocenters. The van der Waals surface area contributed by atoms with Crippen LogP contribution in [-0.4, -0.2) is 54.9 Å². The maximum atomic E-state index is 12.5. The molecule has 140 valence electrons. The summed E-state index contributed by atoms with van der Waals surface area (Å²) in [6.07, 6.45) is 2.46.